The van der Waals surface area contributed by atoms with E-state index >= 15 is 4.39 Å². The Bertz CT molecular complexity index is 1480. The van der Waals surface area contributed by atoms with Crippen LogP contribution in [0.1, 0.15) is 43.8 Å². The minimum atomic E-state index is -4.66. The standard InChI is InChI=1S/C26H24F4N6O4/c1-25(2,3)40-24(38)36-13-19(14-39-36)35-12-16(11-32-35)23-15(10-31)7-18(8-20(23)27)34-22(37)9-17-5-4-6-21(33-17)26(28,29)30/h4-8,11-12,19H,9,13-14H2,1-3H3,(H,34,37). The average Bonchev–Trinajstić information content (AvgIpc) is 3.52. The maximum atomic E-state index is 15.2. The maximum absolute atomic E-state index is 15.2. The zero-order valence-corrected chi connectivity index (χ0v) is 21.6. The van der Waals surface area contributed by atoms with Gasteiger partial charge in [0.15, 0.2) is 0 Å². The molecule has 4 rings (SSSR count). The van der Waals surface area contributed by atoms with Crippen LogP contribution in [0.2, 0.25) is 0 Å². The third-order valence-electron chi connectivity index (χ3n) is 5.59. The van der Waals surface area contributed by atoms with E-state index in [0.29, 0.717) is 0 Å². The number of carbonyl (C=O) groups is 2. The fourth-order valence-corrected chi connectivity index (χ4v) is 3.91. The molecule has 1 atom stereocenters. The number of carbonyl (C=O) groups excluding carboxylic acids is 2. The fraction of sp³-hybridized carbons (Fsp3) is 0.346. The Morgan fingerprint density at radius 1 is 1.25 bits per heavy atom. The molecule has 1 N–H and O–H groups in total. The van der Waals surface area contributed by atoms with Crippen molar-refractivity contribution in [1.82, 2.24) is 19.8 Å². The summed E-state index contributed by atoms with van der Waals surface area (Å²) in [6, 6.07) is 6.92. The van der Waals surface area contributed by atoms with Gasteiger partial charge in [-0.15, -0.1) is 0 Å². The van der Waals surface area contributed by atoms with Gasteiger partial charge in [0.2, 0.25) is 5.91 Å². The zero-order valence-electron chi connectivity index (χ0n) is 21.6. The highest BCUT2D eigenvalue weighted by Gasteiger charge is 2.34. The number of alkyl halides is 3. The minimum Gasteiger partial charge on any atom is -0.442 e. The Balaban J connectivity index is 1.47. The zero-order chi connectivity index (χ0) is 29.2. The highest BCUT2D eigenvalue weighted by Crippen LogP contribution is 2.31. The van der Waals surface area contributed by atoms with Crippen molar-refractivity contribution in [3.8, 4) is 17.2 Å². The largest absolute Gasteiger partial charge is 0.442 e. The van der Waals surface area contributed by atoms with Gasteiger partial charge in [-0.3, -0.25) is 14.3 Å². The number of aromatic nitrogens is 3. The first-order valence-electron chi connectivity index (χ1n) is 12.0. The van der Waals surface area contributed by atoms with Gasteiger partial charge >= 0.3 is 12.3 Å². The van der Waals surface area contributed by atoms with E-state index in [1.165, 1.54) is 29.2 Å². The number of amides is 2. The molecule has 3 heterocycles. The van der Waals surface area contributed by atoms with Crippen LogP contribution >= 0.6 is 0 Å². The molecule has 1 saturated heterocycles. The Labute approximate surface area is 226 Å². The SMILES string of the molecule is CC(C)(C)OC(=O)N1CC(n2cc(-c3c(F)cc(NC(=O)Cc4cccc(C(F)(F)F)n4)cc3C#N)cn2)CO1. The van der Waals surface area contributed by atoms with Gasteiger partial charge in [-0.2, -0.15) is 28.6 Å². The number of halogens is 4. The molecule has 10 nitrogen and oxygen atoms in total. The number of anilines is 1. The molecular weight excluding hydrogens is 536 g/mol. The quantitative estimate of drug-likeness (QED) is 0.442. The van der Waals surface area contributed by atoms with Crippen LogP contribution in [-0.2, 0) is 27.0 Å². The molecule has 1 aliphatic heterocycles. The lowest BCUT2D eigenvalue weighted by Crippen LogP contribution is -2.34. The number of hydrogen-bond acceptors (Lipinski definition) is 7. The summed E-state index contributed by atoms with van der Waals surface area (Å²) in [6.45, 7) is 5.42. The minimum absolute atomic E-state index is 0.0561. The molecule has 1 aromatic carbocycles. The highest BCUT2D eigenvalue weighted by molar-refractivity contribution is 5.92. The van der Waals surface area contributed by atoms with Crippen molar-refractivity contribution in [1.29, 1.82) is 5.26 Å². The van der Waals surface area contributed by atoms with Crippen molar-refractivity contribution in [2.24, 2.45) is 0 Å². The second-order valence-electron chi connectivity index (χ2n) is 9.93. The van der Waals surface area contributed by atoms with E-state index < -0.39 is 47.8 Å². The lowest BCUT2D eigenvalue weighted by atomic mass is 10.0. The summed E-state index contributed by atoms with van der Waals surface area (Å²) in [4.78, 5) is 33.5. The molecule has 0 radical (unpaired) electrons. The Kier molecular flexibility index (Phi) is 7.79. The van der Waals surface area contributed by atoms with Crippen molar-refractivity contribution >= 4 is 17.7 Å². The molecule has 14 heteroatoms. The molecule has 3 aromatic rings. The van der Waals surface area contributed by atoms with E-state index in [9.17, 15) is 28.0 Å². The van der Waals surface area contributed by atoms with Crippen molar-refractivity contribution < 1.29 is 36.7 Å². The topological polar surface area (TPSA) is 122 Å². The van der Waals surface area contributed by atoms with Crippen molar-refractivity contribution in [3.63, 3.8) is 0 Å². The van der Waals surface area contributed by atoms with E-state index in [4.69, 9.17) is 9.57 Å². The van der Waals surface area contributed by atoms with E-state index in [-0.39, 0.29) is 41.2 Å². The van der Waals surface area contributed by atoms with Gasteiger partial charge < -0.3 is 10.1 Å². The molecule has 1 unspecified atom stereocenters. The monoisotopic (exact) mass is 560 g/mol. The normalized spacial score (nSPS) is 15.6. The molecule has 0 bridgehead atoms. The molecule has 0 aliphatic carbocycles. The summed E-state index contributed by atoms with van der Waals surface area (Å²) < 4.78 is 60.6. The van der Waals surface area contributed by atoms with Crippen molar-refractivity contribution in [2.75, 3.05) is 18.5 Å². The number of nitriles is 1. The third-order valence-corrected chi connectivity index (χ3v) is 5.59. The van der Waals surface area contributed by atoms with Gasteiger partial charge in [0.25, 0.3) is 0 Å². The number of ether oxygens (including phenoxy) is 1. The fourth-order valence-electron chi connectivity index (χ4n) is 3.91. The molecular formula is C26H24F4N6O4. The molecule has 1 aliphatic rings. The lowest BCUT2D eigenvalue weighted by Gasteiger charge is -2.23. The predicted molar refractivity (Wildman–Crippen MR) is 132 cm³/mol. The first kappa shape index (κ1) is 28.5. The lowest BCUT2D eigenvalue weighted by molar-refractivity contribution is -0.141. The van der Waals surface area contributed by atoms with Crippen LogP contribution in [0.25, 0.3) is 11.1 Å². The number of hydroxylamine groups is 2. The molecule has 40 heavy (non-hydrogen) atoms. The molecule has 210 valence electrons. The Hall–Kier alpha value is -4.51. The summed E-state index contributed by atoms with van der Waals surface area (Å²) in [5.74, 6) is -1.57. The third kappa shape index (κ3) is 6.73. The number of benzene rings is 1. The number of pyridine rings is 1. The molecule has 0 saturated carbocycles. The van der Waals surface area contributed by atoms with Crippen LogP contribution in [0.4, 0.5) is 28.0 Å². The van der Waals surface area contributed by atoms with Gasteiger partial charge in [-0.1, -0.05) is 6.07 Å². The number of rotatable bonds is 5. The van der Waals surface area contributed by atoms with E-state index in [2.05, 4.69) is 15.4 Å². The van der Waals surface area contributed by atoms with Gasteiger partial charge in [0.05, 0.1) is 49.1 Å². The van der Waals surface area contributed by atoms with Crippen LogP contribution < -0.4 is 5.32 Å². The van der Waals surface area contributed by atoms with Crippen molar-refractivity contribution in [2.45, 2.75) is 45.0 Å². The molecule has 1 fully saturated rings. The van der Waals surface area contributed by atoms with E-state index in [0.717, 1.165) is 23.3 Å². The second-order valence-corrected chi connectivity index (χ2v) is 9.93. The van der Waals surface area contributed by atoms with E-state index in [1.54, 1.807) is 20.8 Å². The number of hydrogen-bond donors (Lipinski definition) is 1. The highest BCUT2D eigenvalue weighted by atomic mass is 19.4. The molecule has 2 aromatic heterocycles. The van der Waals surface area contributed by atoms with Gasteiger partial charge in [-0.25, -0.2) is 14.2 Å². The second kappa shape index (κ2) is 10.9. The number of nitrogens with one attached hydrogen (secondary N) is 1. The number of nitrogens with zero attached hydrogens (tertiary/aromatic N) is 5. The average molecular weight is 561 g/mol. The first-order chi connectivity index (χ1) is 18.7. The first-order valence-corrected chi connectivity index (χ1v) is 12.0. The maximum Gasteiger partial charge on any atom is 0.434 e. The van der Waals surface area contributed by atoms with Crippen LogP contribution in [0.5, 0.6) is 0 Å². The summed E-state index contributed by atoms with van der Waals surface area (Å²) in [6.07, 6.45) is -2.95. The van der Waals surface area contributed by atoms with E-state index in [1.807, 2.05) is 6.07 Å². The molecule has 0 spiro atoms. The Morgan fingerprint density at radius 3 is 2.67 bits per heavy atom. The smallest absolute Gasteiger partial charge is 0.434 e. The van der Waals surface area contributed by atoms with Crippen LogP contribution in [0, 0.1) is 17.1 Å². The summed E-state index contributed by atoms with van der Waals surface area (Å²) in [5.41, 5.74) is -1.92. The van der Waals surface area contributed by atoms with Gasteiger partial charge in [0, 0.05) is 23.0 Å². The van der Waals surface area contributed by atoms with Crippen LogP contribution in [0.3, 0.4) is 0 Å². The summed E-state index contributed by atoms with van der Waals surface area (Å²) in [5, 5.41) is 17.3. The van der Waals surface area contributed by atoms with Crippen LogP contribution in [0.15, 0.2) is 42.7 Å². The summed E-state index contributed by atoms with van der Waals surface area (Å²) >= 11 is 0. The van der Waals surface area contributed by atoms with Crippen molar-refractivity contribution in [3.05, 3.63) is 65.5 Å². The Morgan fingerprint density at radius 2 is 2.00 bits per heavy atom. The summed E-state index contributed by atoms with van der Waals surface area (Å²) in [7, 11) is 0. The van der Waals surface area contributed by atoms with Crippen LogP contribution in [-0.4, -0.2) is 50.6 Å². The predicted octanol–water partition coefficient (Wildman–Crippen LogP) is 4.88. The molecule has 2 amide bonds. The van der Waals surface area contributed by atoms with Gasteiger partial charge in [-0.05, 0) is 45.0 Å². The van der Waals surface area contributed by atoms with Gasteiger partial charge in [0.1, 0.15) is 17.1 Å².